The normalized spacial score (nSPS) is 13.3. The third-order valence-electron chi connectivity index (χ3n) is 5.28. The van der Waals surface area contributed by atoms with Crippen LogP contribution in [0.4, 0.5) is 0 Å². The second kappa shape index (κ2) is 8.44. The fraction of sp³-hybridized carbons (Fsp3) is 0.360. The Kier molecular flexibility index (Phi) is 5.77. The maximum Gasteiger partial charge on any atom is 0.0833 e. The SMILES string of the molecule is COCC(CCOCc1ccc2ccc3cccc4ccc1c2c34)OC(C)C. The van der Waals surface area contributed by atoms with Crippen molar-refractivity contribution in [3.05, 3.63) is 60.2 Å². The quantitative estimate of drug-likeness (QED) is 0.268. The van der Waals surface area contributed by atoms with Gasteiger partial charge in [0, 0.05) is 13.7 Å². The molecule has 0 N–H and O–H groups in total. The Morgan fingerprint density at radius 1 is 0.821 bits per heavy atom. The van der Waals surface area contributed by atoms with Crippen LogP contribution in [0, 0.1) is 0 Å². The van der Waals surface area contributed by atoms with E-state index in [9.17, 15) is 0 Å². The minimum Gasteiger partial charge on any atom is -0.382 e. The molecule has 4 rings (SSSR count). The average molecular weight is 376 g/mol. The lowest BCUT2D eigenvalue weighted by Crippen LogP contribution is -2.24. The van der Waals surface area contributed by atoms with Crippen LogP contribution in [0.15, 0.2) is 54.6 Å². The van der Waals surface area contributed by atoms with E-state index in [2.05, 4.69) is 54.6 Å². The molecule has 4 aromatic rings. The van der Waals surface area contributed by atoms with Gasteiger partial charge in [0.05, 0.1) is 25.4 Å². The van der Waals surface area contributed by atoms with Crippen LogP contribution in [-0.4, -0.2) is 32.5 Å². The van der Waals surface area contributed by atoms with E-state index in [1.165, 1.54) is 37.9 Å². The van der Waals surface area contributed by atoms with Gasteiger partial charge in [0.15, 0.2) is 0 Å². The van der Waals surface area contributed by atoms with Crippen LogP contribution in [0.25, 0.3) is 32.3 Å². The van der Waals surface area contributed by atoms with Crippen molar-refractivity contribution in [2.75, 3.05) is 20.3 Å². The van der Waals surface area contributed by atoms with Gasteiger partial charge in [-0.1, -0.05) is 54.6 Å². The lowest BCUT2D eigenvalue weighted by molar-refractivity contribution is -0.0500. The zero-order chi connectivity index (χ0) is 19.5. The first-order valence-electron chi connectivity index (χ1n) is 10.0. The van der Waals surface area contributed by atoms with Crippen LogP contribution < -0.4 is 0 Å². The molecule has 0 bridgehead atoms. The van der Waals surface area contributed by atoms with Gasteiger partial charge in [-0.2, -0.15) is 0 Å². The smallest absolute Gasteiger partial charge is 0.0833 e. The van der Waals surface area contributed by atoms with E-state index >= 15 is 0 Å². The number of ether oxygens (including phenoxy) is 3. The van der Waals surface area contributed by atoms with Gasteiger partial charge in [-0.3, -0.25) is 0 Å². The van der Waals surface area contributed by atoms with E-state index in [0.717, 1.165) is 6.42 Å². The Labute approximate surface area is 166 Å². The molecule has 0 heterocycles. The van der Waals surface area contributed by atoms with Crippen molar-refractivity contribution >= 4 is 32.3 Å². The monoisotopic (exact) mass is 376 g/mol. The summed E-state index contributed by atoms with van der Waals surface area (Å²) in [4.78, 5) is 0. The molecule has 0 saturated carbocycles. The summed E-state index contributed by atoms with van der Waals surface area (Å²) < 4.78 is 17.2. The van der Waals surface area contributed by atoms with Crippen molar-refractivity contribution in [2.45, 2.75) is 39.1 Å². The maximum atomic E-state index is 6.03. The number of hydrogen-bond acceptors (Lipinski definition) is 3. The van der Waals surface area contributed by atoms with Crippen LogP contribution in [-0.2, 0) is 20.8 Å². The molecule has 4 aromatic carbocycles. The average Bonchev–Trinajstić information content (AvgIpc) is 2.69. The third kappa shape index (κ3) is 3.83. The van der Waals surface area contributed by atoms with Gasteiger partial charge in [0.25, 0.3) is 0 Å². The van der Waals surface area contributed by atoms with Crippen molar-refractivity contribution in [3.63, 3.8) is 0 Å². The molecule has 0 aliphatic rings. The molecule has 0 saturated heterocycles. The van der Waals surface area contributed by atoms with E-state index in [-0.39, 0.29) is 12.2 Å². The topological polar surface area (TPSA) is 27.7 Å². The Bertz CT molecular complexity index is 1040. The largest absolute Gasteiger partial charge is 0.382 e. The fourth-order valence-corrected chi connectivity index (χ4v) is 4.08. The Balaban J connectivity index is 1.53. The molecule has 0 radical (unpaired) electrons. The molecular weight excluding hydrogens is 348 g/mol. The van der Waals surface area contributed by atoms with Gasteiger partial charge in [0.2, 0.25) is 0 Å². The summed E-state index contributed by atoms with van der Waals surface area (Å²) in [5.74, 6) is 0. The zero-order valence-electron chi connectivity index (χ0n) is 16.9. The van der Waals surface area contributed by atoms with Gasteiger partial charge in [-0.05, 0) is 58.1 Å². The first-order valence-corrected chi connectivity index (χ1v) is 10.0. The molecule has 0 aliphatic carbocycles. The van der Waals surface area contributed by atoms with Crippen molar-refractivity contribution in [3.8, 4) is 0 Å². The summed E-state index contributed by atoms with van der Waals surface area (Å²) in [6.07, 6.45) is 1.10. The molecule has 1 atom stereocenters. The lowest BCUT2D eigenvalue weighted by atomic mass is 9.92. The summed E-state index contributed by atoms with van der Waals surface area (Å²) in [5.41, 5.74) is 1.24. The molecule has 0 spiro atoms. The van der Waals surface area contributed by atoms with Crippen molar-refractivity contribution in [1.82, 2.24) is 0 Å². The molecule has 0 aliphatic heterocycles. The number of benzene rings is 4. The van der Waals surface area contributed by atoms with Crippen LogP contribution in [0.1, 0.15) is 25.8 Å². The summed E-state index contributed by atoms with van der Waals surface area (Å²) in [7, 11) is 1.71. The fourth-order valence-electron chi connectivity index (χ4n) is 4.08. The second-order valence-electron chi connectivity index (χ2n) is 7.68. The number of rotatable bonds is 9. The Hall–Kier alpha value is -2.20. The summed E-state index contributed by atoms with van der Waals surface area (Å²) >= 11 is 0. The summed E-state index contributed by atoms with van der Waals surface area (Å²) in [6.45, 7) is 5.96. The van der Waals surface area contributed by atoms with Gasteiger partial charge in [-0.15, -0.1) is 0 Å². The zero-order valence-corrected chi connectivity index (χ0v) is 16.9. The van der Waals surface area contributed by atoms with Crippen LogP contribution in [0.5, 0.6) is 0 Å². The molecule has 146 valence electrons. The molecular formula is C25H28O3. The molecule has 0 aromatic heterocycles. The van der Waals surface area contributed by atoms with Gasteiger partial charge < -0.3 is 14.2 Å². The second-order valence-corrected chi connectivity index (χ2v) is 7.68. The highest BCUT2D eigenvalue weighted by Gasteiger charge is 2.13. The summed E-state index contributed by atoms with van der Waals surface area (Å²) in [5, 5.41) is 7.85. The molecule has 3 nitrogen and oxygen atoms in total. The Morgan fingerprint density at radius 3 is 2.21 bits per heavy atom. The minimum absolute atomic E-state index is 0.0753. The lowest BCUT2D eigenvalue weighted by Gasteiger charge is -2.20. The summed E-state index contributed by atoms with van der Waals surface area (Å²) in [6, 6.07) is 19.8. The van der Waals surface area contributed by atoms with E-state index in [1.807, 2.05) is 13.8 Å². The Morgan fingerprint density at radius 2 is 1.50 bits per heavy atom. The predicted molar refractivity (Wildman–Crippen MR) is 116 cm³/mol. The molecule has 0 amide bonds. The van der Waals surface area contributed by atoms with Crippen LogP contribution in [0.3, 0.4) is 0 Å². The predicted octanol–water partition coefficient (Wildman–Crippen LogP) is 5.93. The minimum atomic E-state index is 0.0753. The van der Waals surface area contributed by atoms with Gasteiger partial charge in [-0.25, -0.2) is 0 Å². The maximum absolute atomic E-state index is 6.03. The van der Waals surface area contributed by atoms with E-state index in [1.54, 1.807) is 7.11 Å². The van der Waals surface area contributed by atoms with Crippen molar-refractivity contribution < 1.29 is 14.2 Å². The van der Waals surface area contributed by atoms with Crippen molar-refractivity contribution in [1.29, 1.82) is 0 Å². The molecule has 28 heavy (non-hydrogen) atoms. The van der Waals surface area contributed by atoms with E-state index < -0.39 is 0 Å². The van der Waals surface area contributed by atoms with Crippen molar-refractivity contribution in [2.24, 2.45) is 0 Å². The number of methoxy groups -OCH3 is 1. The first kappa shape index (κ1) is 19.1. The molecule has 0 fully saturated rings. The highest BCUT2D eigenvalue weighted by molar-refractivity contribution is 6.23. The van der Waals surface area contributed by atoms with Crippen LogP contribution >= 0.6 is 0 Å². The van der Waals surface area contributed by atoms with Gasteiger partial charge >= 0.3 is 0 Å². The highest BCUT2D eigenvalue weighted by Crippen LogP contribution is 2.36. The molecule has 3 heteroatoms. The van der Waals surface area contributed by atoms with Gasteiger partial charge in [0.1, 0.15) is 0 Å². The van der Waals surface area contributed by atoms with E-state index in [0.29, 0.717) is 19.8 Å². The third-order valence-corrected chi connectivity index (χ3v) is 5.28. The molecule has 1 unspecified atom stereocenters. The van der Waals surface area contributed by atoms with Crippen LogP contribution in [0.2, 0.25) is 0 Å². The van der Waals surface area contributed by atoms with E-state index in [4.69, 9.17) is 14.2 Å². The number of hydrogen-bond donors (Lipinski definition) is 0. The first-order chi connectivity index (χ1) is 13.7. The highest BCUT2D eigenvalue weighted by atomic mass is 16.5. The standard InChI is InChI=1S/C25H28O3/c1-17(2)28-22(16-26-3)13-14-27-15-21-10-9-20-8-7-18-5-4-6-19-11-12-23(21)25(20)24(18)19/h4-12,17,22H,13-16H2,1-3H3.